The van der Waals surface area contributed by atoms with Gasteiger partial charge in [0.1, 0.15) is 35.7 Å². The Labute approximate surface area is 248 Å². The van der Waals surface area contributed by atoms with Crippen molar-refractivity contribution in [3.8, 4) is 17.2 Å². The fourth-order valence-corrected chi connectivity index (χ4v) is 5.29. The molecule has 3 aromatic heterocycles. The summed E-state index contributed by atoms with van der Waals surface area (Å²) in [4.78, 5) is 28.1. The zero-order chi connectivity index (χ0) is 29.9. The van der Waals surface area contributed by atoms with Crippen molar-refractivity contribution in [3.05, 3.63) is 84.3 Å². The van der Waals surface area contributed by atoms with Gasteiger partial charge in [-0.25, -0.2) is 23.9 Å². The molecule has 1 aliphatic rings. The van der Waals surface area contributed by atoms with Gasteiger partial charge in [0.2, 0.25) is 0 Å². The van der Waals surface area contributed by atoms with Crippen molar-refractivity contribution in [2.24, 2.45) is 0 Å². The normalized spacial score (nSPS) is 15.7. The van der Waals surface area contributed by atoms with Crippen LogP contribution in [0, 0.1) is 6.92 Å². The fourth-order valence-electron chi connectivity index (χ4n) is 5.29. The van der Waals surface area contributed by atoms with Crippen molar-refractivity contribution in [1.29, 1.82) is 0 Å². The molecule has 0 radical (unpaired) electrons. The number of anilines is 2. The van der Waals surface area contributed by atoms with E-state index in [9.17, 15) is 9.18 Å². The number of hydrogen-bond donors (Lipinski definition) is 1. The molecule has 1 aliphatic heterocycles. The van der Waals surface area contributed by atoms with Crippen LogP contribution in [0.1, 0.15) is 30.9 Å². The minimum Gasteiger partial charge on any atom is -0.494 e. The second-order valence-electron chi connectivity index (χ2n) is 10.6. The average molecular weight is 582 g/mol. The molecule has 2 aromatic carbocycles. The van der Waals surface area contributed by atoms with Crippen LogP contribution in [0.4, 0.5) is 15.9 Å². The van der Waals surface area contributed by atoms with Gasteiger partial charge in [-0.05, 0) is 82.3 Å². The summed E-state index contributed by atoms with van der Waals surface area (Å²) < 4.78 is 28.5. The Morgan fingerprint density at radius 2 is 2.00 bits per heavy atom. The summed E-state index contributed by atoms with van der Waals surface area (Å²) in [6, 6.07) is 12.9. The first kappa shape index (κ1) is 28.2. The van der Waals surface area contributed by atoms with Crippen molar-refractivity contribution in [2.45, 2.75) is 39.2 Å². The van der Waals surface area contributed by atoms with Crippen molar-refractivity contribution in [2.75, 3.05) is 25.5 Å². The van der Waals surface area contributed by atoms with E-state index in [2.05, 4.69) is 30.3 Å². The van der Waals surface area contributed by atoms with Gasteiger partial charge in [0.05, 0.1) is 12.1 Å². The van der Waals surface area contributed by atoms with Crippen LogP contribution >= 0.6 is 0 Å². The molecular formula is C32H32FN7O3. The standard InChI is InChI=1S/C32H32FN7O3/c1-4-42-30-17-27-25(13-21(30)14-28(41)26(33)15-23-6-5-10-39(23)3)32(36-18-34-27)38-22-7-8-29(20(2)12-22)43-24-9-11-40-31(16-24)35-19-37-40/h7-9,11-13,15-19,23H,4-6,10,14H2,1-3H3,(H,34,36,38)/b26-15+/t23-/m0/s1. The number of halogens is 1. The minimum atomic E-state index is -0.719. The smallest absolute Gasteiger partial charge is 0.195 e. The summed E-state index contributed by atoms with van der Waals surface area (Å²) in [5, 5.41) is 8.16. The van der Waals surface area contributed by atoms with Crippen molar-refractivity contribution < 1.29 is 18.7 Å². The monoisotopic (exact) mass is 581 g/mol. The first-order valence-electron chi connectivity index (χ1n) is 14.2. The lowest BCUT2D eigenvalue weighted by molar-refractivity contribution is -0.116. The third-order valence-electron chi connectivity index (χ3n) is 7.57. The van der Waals surface area contributed by atoms with Crippen molar-refractivity contribution >= 4 is 33.8 Å². The number of fused-ring (bicyclic) bond motifs is 2. The van der Waals surface area contributed by atoms with Gasteiger partial charge in [0, 0.05) is 47.4 Å². The topological polar surface area (TPSA) is 107 Å². The van der Waals surface area contributed by atoms with E-state index in [-0.39, 0.29) is 12.5 Å². The highest BCUT2D eigenvalue weighted by Crippen LogP contribution is 2.33. The van der Waals surface area contributed by atoms with Crippen LogP contribution in [0.3, 0.4) is 0 Å². The number of carbonyl (C=O) groups excluding carboxylic acids is 1. The van der Waals surface area contributed by atoms with Crippen molar-refractivity contribution in [3.63, 3.8) is 0 Å². The summed E-state index contributed by atoms with van der Waals surface area (Å²) in [5.74, 6) is 1.10. The van der Waals surface area contributed by atoms with Gasteiger partial charge < -0.3 is 14.8 Å². The largest absolute Gasteiger partial charge is 0.494 e. The lowest BCUT2D eigenvalue weighted by Gasteiger charge is -2.16. The molecule has 6 rings (SSSR count). The Morgan fingerprint density at radius 3 is 2.79 bits per heavy atom. The molecule has 0 saturated carbocycles. The number of benzene rings is 2. The van der Waals surface area contributed by atoms with Crippen LogP contribution in [0.15, 0.2) is 73.2 Å². The number of pyridine rings is 1. The Bertz CT molecular complexity index is 1840. The molecule has 1 atom stereocenters. The molecule has 4 heterocycles. The number of aryl methyl sites for hydroxylation is 1. The van der Waals surface area contributed by atoms with E-state index in [1.807, 2.05) is 51.2 Å². The molecule has 0 unspecified atom stereocenters. The van der Waals surface area contributed by atoms with Gasteiger partial charge in [-0.1, -0.05) is 0 Å². The van der Waals surface area contributed by atoms with Crippen LogP contribution < -0.4 is 14.8 Å². The van der Waals surface area contributed by atoms with Crippen molar-refractivity contribution in [1.82, 2.24) is 29.5 Å². The summed E-state index contributed by atoms with van der Waals surface area (Å²) in [7, 11) is 1.94. The summed E-state index contributed by atoms with van der Waals surface area (Å²) in [5.41, 5.74) is 3.60. The summed E-state index contributed by atoms with van der Waals surface area (Å²) >= 11 is 0. The molecule has 43 heavy (non-hydrogen) atoms. The zero-order valence-corrected chi connectivity index (χ0v) is 24.2. The predicted molar refractivity (Wildman–Crippen MR) is 162 cm³/mol. The van der Waals surface area contributed by atoms with Gasteiger partial charge >= 0.3 is 0 Å². The lowest BCUT2D eigenvalue weighted by atomic mass is 10.0. The number of ketones is 1. The van der Waals surface area contributed by atoms with Gasteiger partial charge in [0.25, 0.3) is 0 Å². The van der Waals surface area contributed by atoms with Crippen LogP contribution in [-0.4, -0.2) is 61.5 Å². The van der Waals surface area contributed by atoms with Crippen LogP contribution in [-0.2, 0) is 11.2 Å². The van der Waals surface area contributed by atoms with E-state index < -0.39 is 11.6 Å². The molecule has 0 aliphatic carbocycles. The van der Waals surface area contributed by atoms with Gasteiger partial charge in [-0.3, -0.25) is 9.69 Å². The highest BCUT2D eigenvalue weighted by molar-refractivity contribution is 5.97. The summed E-state index contributed by atoms with van der Waals surface area (Å²) in [6.07, 6.45) is 7.89. The van der Waals surface area contributed by atoms with Gasteiger partial charge in [-0.15, -0.1) is 0 Å². The second kappa shape index (κ2) is 12.1. The van der Waals surface area contributed by atoms with Crippen LogP contribution in [0.5, 0.6) is 17.2 Å². The number of likely N-dealkylation sites (tertiary alicyclic amines) is 1. The molecule has 10 nitrogen and oxygen atoms in total. The first-order valence-corrected chi connectivity index (χ1v) is 14.2. The molecule has 1 N–H and O–H groups in total. The zero-order valence-electron chi connectivity index (χ0n) is 24.2. The molecule has 5 aromatic rings. The number of likely N-dealkylation sites (N-methyl/N-ethyl adjacent to an activating group) is 1. The Hall–Kier alpha value is -4.90. The quantitative estimate of drug-likeness (QED) is 0.200. The predicted octanol–water partition coefficient (Wildman–Crippen LogP) is 5.97. The number of hydrogen-bond acceptors (Lipinski definition) is 9. The molecule has 0 spiro atoms. The average Bonchev–Trinajstić information content (AvgIpc) is 3.63. The van der Waals surface area contributed by atoms with E-state index in [1.54, 1.807) is 22.8 Å². The highest BCUT2D eigenvalue weighted by atomic mass is 19.1. The Morgan fingerprint density at radius 1 is 1.12 bits per heavy atom. The van der Waals surface area contributed by atoms with Crippen LogP contribution in [0.2, 0.25) is 0 Å². The van der Waals surface area contributed by atoms with Gasteiger partial charge in [-0.2, -0.15) is 5.10 Å². The second-order valence-corrected chi connectivity index (χ2v) is 10.6. The number of ether oxygens (including phenoxy) is 2. The maximum absolute atomic E-state index is 15.0. The molecule has 11 heteroatoms. The number of nitrogens with zero attached hydrogens (tertiary/aromatic N) is 6. The van der Waals surface area contributed by atoms with Crippen LogP contribution in [0.25, 0.3) is 16.6 Å². The SMILES string of the molecule is CCOc1cc2ncnc(Nc3ccc(Oc4ccn5ncnc5c4)c(C)c3)c2cc1CC(=O)/C(F)=C\[C@@H]1CCCN1C. The van der Waals surface area contributed by atoms with E-state index in [0.29, 0.717) is 51.8 Å². The van der Waals surface area contributed by atoms with E-state index in [4.69, 9.17) is 9.47 Å². The number of allylic oxidation sites excluding steroid dienone is 1. The molecule has 0 amide bonds. The number of carbonyl (C=O) groups is 1. The van der Waals surface area contributed by atoms with E-state index in [1.165, 1.54) is 18.7 Å². The number of aromatic nitrogens is 5. The number of rotatable bonds is 10. The van der Waals surface area contributed by atoms with Gasteiger partial charge in [0.15, 0.2) is 17.3 Å². The Balaban J connectivity index is 1.25. The molecule has 220 valence electrons. The maximum Gasteiger partial charge on any atom is 0.195 e. The molecular weight excluding hydrogens is 549 g/mol. The van der Waals surface area contributed by atoms with E-state index in [0.717, 1.165) is 30.6 Å². The highest BCUT2D eigenvalue weighted by Gasteiger charge is 2.22. The first-order chi connectivity index (χ1) is 20.9. The third kappa shape index (κ3) is 6.17. The molecule has 1 fully saturated rings. The summed E-state index contributed by atoms with van der Waals surface area (Å²) in [6.45, 7) is 5.11. The lowest BCUT2D eigenvalue weighted by Crippen LogP contribution is -2.23. The van der Waals surface area contributed by atoms with E-state index >= 15 is 0 Å². The minimum absolute atomic E-state index is 0.0612. The molecule has 1 saturated heterocycles. The number of Topliss-reactive ketones (excluding diaryl/α,β-unsaturated/α-hetero) is 1. The molecule has 0 bridgehead atoms. The number of nitrogens with one attached hydrogen (secondary N) is 1. The maximum atomic E-state index is 15.0. The third-order valence-corrected chi connectivity index (χ3v) is 7.57. The fraction of sp³-hybridized carbons (Fsp3) is 0.281. The Kier molecular flexibility index (Phi) is 7.97.